The Morgan fingerprint density at radius 2 is 1.76 bits per heavy atom. The van der Waals surface area contributed by atoms with Crippen LogP contribution in [0.3, 0.4) is 0 Å². The highest BCUT2D eigenvalue weighted by atomic mass is 32.2. The number of hydrogen-bond donors (Lipinski definition) is 0. The number of carbonyl (C=O) groups is 2. The summed E-state index contributed by atoms with van der Waals surface area (Å²) >= 11 is 1.60. The summed E-state index contributed by atoms with van der Waals surface area (Å²) in [6.45, 7) is 3.77. The molecule has 1 saturated heterocycles. The van der Waals surface area contributed by atoms with Crippen molar-refractivity contribution < 1.29 is 14.0 Å². The van der Waals surface area contributed by atoms with E-state index in [0.717, 1.165) is 11.3 Å². The maximum absolute atomic E-state index is 14.4. The molecular weight excluding hydrogens is 387 g/mol. The summed E-state index contributed by atoms with van der Waals surface area (Å²) in [5, 5.41) is 0. The smallest absolute Gasteiger partial charge is 0.233 e. The van der Waals surface area contributed by atoms with Crippen LogP contribution in [-0.2, 0) is 17.6 Å². The van der Waals surface area contributed by atoms with Crippen molar-refractivity contribution in [1.82, 2.24) is 4.90 Å². The molecule has 1 amide bonds. The third-order valence-corrected chi connectivity index (χ3v) is 6.74. The Bertz CT molecular complexity index is 938. The highest BCUT2D eigenvalue weighted by Gasteiger charge is 2.23. The van der Waals surface area contributed by atoms with E-state index in [9.17, 15) is 14.0 Å². The number of rotatable bonds is 5. The van der Waals surface area contributed by atoms with Crippen LogP contribution < -0.4 is 4.90 Å². The number of Topliss-reactive ketones (excluding diaryl/α,β-unsaturated/α-hetero) is 1. The Hall–Kier alpha value is -2.34. The third-order valence-electron chi connectivity index (χ3n) is 5.76. The van der Waals surface area contributed by atoms with Gasteiger partial charge in [0.1, 0.15) is 5.82 Å². The van der Waals surface area contributed by atoms with Crippen LogP contribution in [0.5, 0.6) is 0 Å². The van der Waals surface area contributed by atoms with Crippen LogP contribution in [0.4, 0.5) is 10.1 Å². The fourth-order valence-corrected chi connectivity index (χ4v) is 4.92. The van der Waals surface area contributed by atoms with Gasteiger partial charge in [-0.15, -0.1) is 11.8 Å². The van der Waals surface area contributed by atoms with Gasteiger partial charge < -0.3 is 9.80 Å². The number of fused-ring (bicyclic) bond motifs is 1. The van der Waals surface area contributed by atoms with Crippen molar-refractivity contribution in [2.75, 3.05) is 36.8 Å². The molecule has 2 aromatic carbocycles. The first-order chi connectivity index (χ1) is 14.0. The molecule has 1 aliphatic heterocycles. The maximum Gasteiger partial charge on any atom is 0.233 e. The van der Waals surface area contributed by atoms with E-state index in [1.807, 2.05) is 9.80 Å². The zero-order valence-electron chi connectivity index (χ0n) is 16.6. The van der Waals surface area contributed by atoms with E-state index in [1.54, 1.807) is 23.9 Å². The Balaban J connectivity index is 1.30. The van der Waals surface area contributed by atoms with E-state index in [0.29, 0.717) is 43.2 Å². The molecule has 1 aliphatic carbocycles. The summed E-state index contributed by atoms with van der Waals surface area (Å²) in [5.74, 6) is 0.0272. The van der Waals surface area contributed by atoms with Gasteiger partial charge in [-0.2, -0.15) is 0 Å². The van der Waals surface area contributed by atoms with Gasteiger partial charge in [-0.25, -0.2) is 4.39 Å². The molecule has 0 saturated carbocycles. The van der Waals surface area contributed by atoms with Crippen LogP contribution in [0, 0.1) is 5.82 Å². The van der Waals surface area contributed by atoms with Crippen LogP contribution in [0.25, 0.3) is 0 Å². The van der Waals surface area contributed by atoms with Gasteiger partial charge in [0.2, 0.25) is 5.91 Å². The minimum Gasteiger partial charge on any atom is -0.366 e. The van der Waals surface area contributed by atoms with Gasteiger partial charge in [-0.3, -0.25) is 9.59 Å². The van der Waals surface area contributed by atoms with Crippen molar-refractivity contribution in [3.05, 3.63) is 58.9 Å². The number of aryl methyl sites for hydroxylation is 2. The minimum atomic E-state index is -0.385. The molecule has 0 aromatic heterocycles. The lowest BCUT2D eigenvalue weighted by molar-refractivity contribution is -0.128. The van der Waals surface area contributed by atoms with E-state index in [2.05, 4.69) is 18.2 Å². The largest absolute Gasteiger partial charge is 0.366 e. The molecule has 0 radical (unpaired) electrons. The highest BCUT2D eigenvalue weighted by molar-refractivity contribution is 8.00. The van der Waals surface area contributed by atoms with Gasteiger partial charge in [0, 0.05) is 36.6 Å². The molecule has 0 N–H and O–H groups in total. The Morgan fingerprint density at radius 1 is 1.00 bits per heavy atom. The SMILES string of the molecule is CC(=O)c1ccc(N2CCN(C(=O)CSc3ccc4c(c3)CCC4)CC2)c(F)c1. The maximum atomic E-state index is 14.4. The lowest BCUT2D eigenvalue weighted by atomic mass is 10.1. The topological polar surface area (TPSA) is 40.6 Å². The average Bonchev–Trinajstić information content (AvgIpc) is 3.20. The van der Waals surface area contributed by atoms with E-state index >= 15 is 0 Å². The van der Waals surface area contributed by atoms with Crippen LogP contribution in [0.15, 0.2) is 41.3 Å². The number of benzene rings is 2. The van der Waals surface area contributed by atoms with Crippen molar-refractivity contribution in [3.63, 3.8) is 0 Å². The summed E-state index contributed by atoms with van der Waals surface area (Å²) in [7, 11) is 0. The molecule has 29 heavy (non-hydrogen) atoms. The standard InChI is InChI=1S/C23H25FN2O2S/c1-16(27)18-6-8-22(21(24)14-18)25-9-11-26(12-10-25)23(28)15-29-20-7-5-17-3-2-4-19(17)13-20/h5-8,13-14H,2-4,9-12,15H2,1H3. The Morgan fingerprint density at radius 3 is 2.48 bits per heavy atom. The molecule has 1 fully saturated rings. The summed E-state index contributed by atoms with van der Waals surface area (Å²) < 4.78 is 14.4. The molecule has 2 aliphatic rings. The summed E-state index contributed by atoms with van der Waals surface area (Å²) in [6, 6.07) is 11.2. The number of anilines is 1. The van der Waals surface area contributed by atoms with Crippen molar-refractivity contribution in [2.24, 2.45) is 0 Å². The molecule has 2 aromatic rings. The highest BCUT2D eigenvalue weighted by Crippen LogP contribution is 2.28. The number of ketones is 1. The van der Waals surface area contributed by atoms with Crippen molar-refractivity contribution in [3.8, 4) is 0 Å². The lowest BCUT2D eigenvalue weighted by Gasteiger charge is -2.36. The second kappa shape index (κ2) is 8.57. The van der Waals surface area contributed by atoms with E-state index < -0.39 is 0 Å². The first-order valence-corrected chi connectivity index (χ1v) is 11.1. The fourth-order valence-electron chi connectivity index (χ4n) is 4.05. The Kier molecular flexibility index (Phi) is 5.90. The molecule has 0 atom stereocenters. The zero-order chi connectivity index (χ0) is 20.4. The van der Waals surface area contributed by atoms with Gasteiger partial charge in [-0.1, -0.05) is 6.07 Å². The third kappa shape index (κ3) is 4.47. The van der Waals surface area contributed by atoms with Gasteiger partial charge >= 0.3 is 0 Å². The van der Waals surface area contributed by atoms with Crippen molar-refractivity contribution in [2.45, 2.75) is 31.1 Å². The average molecular weight is 413 g/mol. The molecule has 0 bridgehead atoms. The van der Waals surface area contributed by atoms with Gasteiger partial charge in [0.05, 0.1) is 11.4 Å². The molecular formula is C23H25FN2O2S. The predicted octanol–water partition coefficient (Wildman–Crippen LogP) is 3.96. The number of piperazine rings is 1. The quantitative estimate of drug-likeness (QED) is 0.551. The molecule has 0 spiro atoms. The van der Waals surface area contributed by atoms with Crippen LogP contribution in [-0.4, -0.2) is 48.5 Å². The van der Waals surface area contributed by atoms with Gasteiger partial charge in [0.15, 0.2) is 5.78 Å². The minimum absolute atomic E-state index is 0.127. The van der Waals surface area contributed by atoms with E-state index in [-0.39, 0.29) is 17.5 Å². The normalized spacial score (nSPS) is 16.1. The Labute approximate surface area is 175 Å². The molecule has 0 unspecified atom stereocenters. The van der Waals surface area contributed by atoms with E-state index in [1.165, 1.54) is 37.0 Å². The first-order valence-electron chi connectivity index (χ1n) is 10.1. The molecule has 4 nitrogen and oxygen atoms in total. The molecule has 1 heterocycles. The number of hydrogen-bond acceptors (Lipinski definition) is 4. The predicted molar refractivity (Wildman–Crippen MR) is 114 cm³/mol. The summed E-state index contributed by atoms with van der Waals surface area (Å²) in [6.07, 6.45) is 3.54. The number of carbonyl (C=O) groups excluding carboxylic acids is 2. The van der Waals surface area contributed by atoms with Crippen molar-refractivity contribution >= 4 is 29.1 Å². The zero-order valence-corrected chi connectivity index (χ0v) is 17.4. The monoisotopic (exact) mass is 412 g/mol. The number of thioether (sulfide) groups is 1. The first kappa shape index (κ1) is 20.0. The molecule has 4 rings (SSSR count). The second-order valence-corrected chi connectivity index (χ2v) is 8.71. The number of nitrogens with zero attached hydrogens (tertiary/aromatic N) is 2. The van der Waals surface area contributed by atoms with Crippen LogP contribution >= 0.6 is 11.8 Å². The summed E-state index contributed by atoms with van der Waals surface area (Å²) in [4.78, 5) is 29.0. The second-order valence-electron chi connectivity index (χ2n) is 7.66. The lowest BCUT2D eigenvalue weighted by Crippen LogP contribution is -2.49. The van der Waals surface area contributed by atoms with Crippen LogP contribution in [0.2, 0.25) is 0 Å². The van der Waals surface area contributed by atoms with Crippen molar-refractivity contribution in [1.29, 1.82) is 0 Å². The number of amides is 1. The van der Waals surface area contributed by atoms with Crippen LogP contribution in [0.1, 0.15) is 34.8 Å². The summed E-state index contributed by atoms with van der Waals surface area (Å²) in [5.41, 5.74) is 3.74. The van der Waals surface area contributed by atoms with E-state index in [4.69, 9.17) is 0 Å². The number of halogens is 1. The molecule has 6 heteroatoms. The van der Waals surface area contributed by atoms with Gasteiger partial charge in [-0.05, 0) is 67.6 Å². The van der Waals surface area contributed by atoms with Gasteiger partial charge in [0.25, 0.3) is 0 Å². The molecule has 152 valence electrons. The fraction of sp³-hybridized carbons (Fsp3) is 0.391.